The van der Waals surface area contributed by atoms with Gasteiger partial charge in [0.15, 0.2) is 0 Å². The molecule has 0 bridgehead atoms. The Morgan fingerprint density at radius 3 is 2.50 bits per heavy atom. The molecule has 2 rings (SSSR count). The fourth-order valence-corrected chi connectivity index (χ4v) is 2.19. The van der Waals surface area contributed by atoms with Crippen LogP contribution in [0, 0.1) is 17.1 Å². The zero-order valence-corrected chi connectivity index (χ0v) is 12.9. The van der Waals surface area contributed by atoms with Crippen LogP contribution in [0.5, 0.6) is 0 Å². The molecule has 0 saturated carbocycles. The second kappa shape index (κ2) is 7.24. The first-order valence-corrected chi connectivity index (χ1v) is 6.78. The summed E-state index contributed by atoms with van der Waals surface area (Å²) < 4.78 is 23.8. The predicted molar refractivity (Wildman–Crippen MR) is 82.9 cm³/mol. The van der Waals surface area contributed by atoms with E-state index < -0.39 is 17.8 Å². The number of hydrogen-bond acceptors (Lipinski definition) is 6. The molecule has 1 aliphatic heterocycles. The lowest BCUT2D eigenvalue weighted by atomic mass is 10.1. The first-order valence-electron chi connectivity index (χ1n) is 6.78. The Bertz CT molecular complexity index is 818. The van der Waals surface area contributed by atoms with E-state index in [9.17, 15) is 19.2 Å². The minimum Gasteiger partial charge on any atom is -0.465 e. The molecule has 0 aromatic heterocycles. The van der Waals surface area contributed by atoms with Gasteiger partial charge in [-0.05, 0) is 24.3 Å². The number of carbonyl (C=O) groups is 2. The lowest BCUT2D eigenvalue weighted by Gasteiger charge is -2.24. The smallest absolute Gasteiger partial charge is 0.355 e. The Morgan fingerprint density at radius 2 is 1.88 bits per heavy atom. The predicted octanol–water partition coefficient (Wildman–Crippen LogP) is 2.19. The molecule has 122 valence electrons. The molecule has 24 heavy (non-hydrogen) atoms. The summed E-state index contributed by atoms with van der Waals surface area (Å²) in [5, 5.41) is 9.24. The van der Waals surface area contributed by atoms with Crippen molar-refractivity contribution in [2.45, 2.75) is 0 Å². The number of esters is 2. The van der Waals surface area contributed by atoms with E-state index in [0.717, 1.165) is 25.2 Å². The van der Waals surface area contributed by atoms with Crippen molar-refractivity contribution in [3.05, 3.63) is 65.3 Å². The number of ether oxygens (including phenoxy) is 2. The lowest BCUT2D eigenvalue weighted by molar-refractivity contribution is -0.139. The number of hydrogen-bond donors (Lipinski definition) is 0. The van der Waals surface area contributed by atoms with Crippen molar-refractivity contribution in [3.63, 3.8) is 0 Å². The van der Waals surface area contributed by atoms with E-state index in [2.05, 4.69) is 4.74 Å². The minimum atomic E-state index is -0.876. The number of carbonyl (C=O) groups excluding carboxylic acids is 2. The number of benzene rings is 1. The number of rotatable bonds is 3. The van der Waals surface area contributed by atoms with E-state index in [-0.39, 0.29) is 22.5 Å². The zero-order chi connectivity index (χ0) is 17.7. The van der Waals surface area contributed by atoms with E-state index in [1.165, 1.54) is 36.6 Å². The van der Waals surface area contributed by atoms with Crippen molar-refractivity contribution in [1.29, 1.82) is 5.26 Å². The van der Waals surface area contributed by atoms with E-state index in [1.54, 1.807) is 0 Å². The van der Waals surface area contributed by atoms with Crippen LogP contribution < -0.4 is 4.90 Å². The molecule has 1 aromatic carbocycles. The maximum Gasteiger partial charge on any atom is 0.355 e. The number of anilines is 1. The molecule has 0 aliphatic carbocycles. The van der Waals surface area contributed by atoms with Gasteiger partial charge in [-0.25, -0.2) is 14.0 Å². The average Bonchev–Trinajstić information content (AvgIpc) is 2.82. The second-order valence-electron chi connectivity index (χ2n) is 4.56. The summed E-state index contributed by atoms with van der Waals surface area (Å²) in [4.78, 5) is 25.4. The highest BCUT2D eigenvalue weighted by Gasteiger charge is 2.30. The van der Waals surface area contributed by atoms with Crippen LogP contribution in [0.1, 0.15) is 5.56 Å². The van der Waals surface area contributed by atoms with Gasteiger partial charge in [0.05, 0.1) is 31.0 Å². The Labute approximate surface area is 137 Å². The van der Waals surface area contributed by atoms with Crippen LogP contribution in [-0.4, -0.2) is 26.2 Å². The summed E-state index contributed by atoms with van der Waals surface area (Å²) >= 11 is 0. The molecule has 0 atom stereocenters. The Hall–Kier alpha value is -3.40. The topological polar surface area (TPSA) is 79.6 Å². The largest absolute Gasteiger partial charge is 0.465 e. The lowest BCUT2D eigenvalue weighted by Crippen LogP contribution is -2.28. The van der Waals surface area contributed by atoms with Crippen molar-refractivity contribution in [3.8, 4) is 6.07 Å². The number of allylic oxidation sites excluding steroid dienone is 2. The van der Waals surface area contributed by atoms with Gasteiger partial charge in [-0.2, -0.15) is 5.26 Å². The molecule has 0 unspecified atom stereocenters. The van der Waals surface area contributed by atoms with Crippen LogP contribution in [0.2, 0.25) is 0 Å². The molecule has 0 amide bonds. The molecule has 0 N–H and O–H groups in total. The monoisotopic (exact) mass is 328 g/mol. The summed E-state index contributed by atoms with van der Waals surface area (Å²) in [5.41, 5.74) is -0.550. The first kappa shape index (κ1) is 17.0. The molecule has 1 heterocycles. The van der Waals surface area contributed by atoms with Crippen molar-refractivity contribution in [2.75, 3.05) is 19.1 Å². The number of para-hydroxylation sites is 1. The molecule has 0 fully saturated rings. The third-order valence-corrected chi connectivity index (χ3v) is 3.24. The second-order valence-corrected chi connectivity index (χ2v) is 4.56. The van der Waals surface area contributed by atoms with Gasteiger partial charge >= 0.3 is 11.9 Å². The van der Waals surface area contributed by atoms with Crippen molar-refractivity contribution in [1.82, 2.24) is 0 Å². The SMILES string of the molecule is COC(=O)C1=C(C(=O)OC)N(c2c(F)cccc2C#N)C=CC=C1. The third kappa shape index (κ3) is 3.03. The maximum atomic E-state index is 14.4. The quantitative estimate of drug-likeness (QED) is 0.791. The maximum absolute atomic E-state index is 14.4. The third-order valence-electron chi connectivity index (χ3n) is 3.24. The van der Waals surface area contributed by atoms with Crippen LogP contribution in [0.25, 0.3) is 0 Å². The van der Waals surface area contributed by atoms with E-state index in [4.69, 9.17) is 4.74 Å². The zero-order valence-electron chi connectivity index (χ0n) is 12.9. The molecule has 7 heteroatoms. The molecule has 0 spiro atoms. The Morgan fingerprint density at radius 1 is 1.17 bits per heavy atom. The number of halogens is 1. The van der Waals surface area contributed by atoms with Crippen molar-refractivity contribution in [2.24, 2.45) is 0 Å². The van der Waals surface area contributed by atoms with Gasteiger partial charge in [-0.1, -0.05) is 12.1 Å². The van der Waals surface area contributed by atoms with Gasteiger partial charge in [0.1, 0.15) is 17.6 Å². The van der Waals surface area contributed by atoms with Crippen molar-refractivity contribution >= 4 is 17.6 Å². The summed E-state index contributed by atoms with van der Waals surface area (Å²) in [5.74, 6) is -2.40. The number of nitriles is 1. The van der Waals surface area contributed by atoms with Gasteiger partial charge in [0.2, 0.25) is 0 Å². The molecular formula is C17H13FN2O4. The van der Waals surface area contributed by atoms with Gasteiger partial charge in [0.25, 0.3) is 0 Å². The minimum absolute atomic E-state index is 0.00725. The summed E-state index contributed by atoms with van der Waals surface area (Å²) in [7, 11) is 2.29. The van der Waals surface area contributed by atoms with Gasteiger partial charge in [0, 0.05) is 6.20 Å². The molecule has 0 radical (unpaired) electrons. The van der Waals surface area contributed by atoms with E-state index in [0.29, 0.717) is 0 Å². The Kier molecular flexibility index (Phi) is 5.12. The summed E-state index contributed by atoms with van der Waals surface area (Å²) in [6.07, 6.45) is 5.69. The van der Waals surface area contributed by atoms with Gasteiger partial charge < -0.3 is 14.4 Å². The van der Waals surface area contributed by atoms with Gasteiger partial charge in [-0.15, -0.1) is 0 Å². The standard InChI is InChI=1S/C17H13FN2O4/c1-23-16(21)12-7-3-4-9-20(15(12)17(22)24-2)14-11(10-19)6-5-8-13(14)18/h3-9H,1-2H3. The van der Waals surface area contributed by atoms with E-state index in [1.807, 2.05) is 6.07 Å². The normalized spacial score (nSPS) is 13.3. The highest BCUT2D eigenvalue weighted by atomic mass is 19.1. The van der Waals surface area contributed by atoms with E-state index >= 15 is 0 Å². The fraction of sp³-hybridized carbons (Fsp3) is 0.118. The summed E-state index contributed by atoms with van der Waals surface area (Å²) in [6, 6.07) is 5.79. The average molecular weight is 328 g/mol. The highest BCUT2D eigenvalue weighted by Crippen LogP contribution is 2.31. The van der Waals surface area contributed by atoms with Crippen LogP contribution in [0.15, 0.2) is 53.9 Å². The van der Waals surface area contributed by atoms with Crippen LogP contribution in [-0.2, 0) is 19.1 Å². The summed E-state index contributed by atoms with van der Waals surface area (Å²) in [6.45, 7) is 0. The first-order chi connectivity index (χ1) is 11.5. The molecular weight excluding hydrogens is 315 g/mol. The molecule has 6 nitrogen and oxygen atoms in total. The molecule has 0 saturated heterocycles. The highest BCUT2D eigenvalue weighted by molar-refractivity contribution is 6.05. The Balaban J connectivity index is 2.79. The number of nitrogens with zero attached hydrogens (tertiary/aromatic N) is 2. The number of methoxy groups -OCH3 is 2. The fourth-order valence-electron chi connectivity index (χ4n) is 2.19. The molecule has 1 aliphatic rings. The molecule has 1 aromatic rings. The van der Waals surface area contributed by atoms with Gasteiger partial charge in [-0.3, -0.25) is 0 Å². The van der Waals surface area contributed by atoms with Crippen LogP contribution in [0.3, 0.4) is 0 Å². The van der Waals surface area contributed by atoms with Crippen LogP contribution >= 0.6 is 0 Å². The van der Waals surface area contributed by atoms with Crippen LogP contribution in [0.4, 0.5) is 10.1 Å². The van der Waals surface area contributed by atoms with Crippen molar-refractivity contribution < 1.29 is 23.5 Å².